The van der Waals surface area contributed by atoms with E-state index in [-0.39, 0.29) is 18.3 Å². The van der Waals surface area contributed by atoms with Gasteiger partial charge < -0.3 is 5.32 Å². The van der Waals surface area contributed by atoms with Crippen LogP contribution < -0.4 is 10.6 Å². The van der Waals surface area contributed by atoms with Gasteiger partial charge in [-0.2, -0.15) is 5.10 Å². The third-order valence-electron chi connectivity index (χ3n) is 3.84. The number of halogens is 3. The van der Waals surface area contributed by atoms with E-state index in [1.807, 2.05) is 36.5 Å². The Kier molecular flexibility index (Phi) is 5.90. The molecule has 130 valence electrons. The van der Waals surface area contributed by atoms with Gasteiger partial charge in [0.05, 0.1) is 18.3 Å². The fraction of sp³-hybridized carbons (Fsp3) is 0.375. The summed E-state index contributed by atoms with van der Waals surface area (Å²) < 4.78 is 27.9. The fourth-order valence-corrected chi connectivity index (χ4v) is 2.59. The van der Waals surface area contributed by atoms with Crippen molar-refractivity contribution >= 4 is 18.3 Å². The molecule has 1 atom stereocenters. The van der Waals surface area contributed by atoms with Crippen molar-refractivity contribution in [3.8, 4) is 5.69 Å². The van der Waals surface area contributed by atoms with Gasteiger partial charge >= 0.3 is 0 Å². The lowest BCUT2D eigenvalue weighted by Crippen LogP contribution is -2.41. The van der Waals surface area contributed by atoms with Crippen LogP contribution in [0.3, 0.4) is 0 Å². The lowest BCUT2D eigenvalue weighted by atomic mass is 10.1. The van der Waals surface area contributed by atoms with Gasteiger partial charge in [0.1, 0.15) is 0 Å². The number of carbonyl (C=O) groups is 1. The molecule has 1 aliphatic heterocycles. The normalized spacial score (nSPS) is 18.8. The van der Waals surface area contributed by atoms with E-state index in [9.17, 15) is 13.6 Å². The van der Waals surface area contributed by atoms with E-state index in [0.29, 0.717) is 13.0 Å². The van der Waals surface area contributed by atoms with E-state index in [4.69, 9.17) is 0 Å². The smallest absolute Gasteiger partial charge is 0.262 e. The van der Waals surface area contributed by atoms with Gasteiger partial charge in [-0.3, -0.25) is 10.1 Å². The highest BCUT2D eigenvalue weighted by molar-refractivity contribution is 5.85. The van der Waals surface area contributed by atoms with Crippen LogP contribution in [0.4, 0.5) is 8.78 Å². The first-order chi connectivity index (χ1) is 11.0. The number of amides is 1. The van der Waals surface area contributed by atoms with E-state index >= 15 is 0 Å². The van der Waals surface area contributed by atoms with Crippen LogP contribution >= 0.6 is 12.4 Å². The molecule has 5 nitrogen and oxygen atoms in total. The largest absolute Gasteiger partial charge is 0.354 e. The molecule has 2 N–H and O–H groups in total. The number of nitrogens with zero attached hydrogens (tertiary/aromatic N) is 2. The Morgan fingerprint density at radius 3 is 2.71 bits per heavy atom. The quantitative estimate of drug-likeness (QED) is 0.861. The zero-order chi connectivity index (χ0) is 16.3. The van der Waals surface area contributed by atoms with Crippen LogP contribution in [-0.2, 0) is 11.2 Å². The molecule has 2 heterocycles. The van der Waals surface area contributed by atoms with E-state index in [1.54, 1.807) is 10.9 Å². The Morgan fingerprint density at radius 1 is 1.38 bits per heavy atom. The molecule has 1 fully saturated rings. The van der Waals surface area contributed by atoms with Crippen molar-refractivity contribution in [2.75, 3.05) is 13.1 Å². The van der Waals surface area contributed by atoms with Gasteiger partial charge in [0.15, 0.2) is 0 Å². The molecule has 0 saturated carbocycles. The van der Waals surface area contributed by atoms with Crippen LogP contribution in [0.5, 0.6) is 0 Å². The molecule has 1 amide bonds. The molecular formula is C16H19ClF2N4O. The molecule has 3 rings (SSSR count). The fourth-order valence-electron chi connectivity index (χ4n) is 2.59. The van der Waals surface area contributed by atoms with Crippen LogP contribution in [0.2, 0.25) is 0 Å². The standard InChI is InChI=1S/C16H18F2N4O.ClH/c17-16(18)10-14(20-11-16)15(23)19-8-6-12-2-4-13(5-3-12)22-9-1-7-21-22;/h1-5,7,9,14,20H,6,8,10-11H2,(H,19,23);1H. The van der Waals surface area contributed by atoms with Crippen molar-refractivity contribution in [2.24, 2.45) is 0 Å². The number of nitrogens with one attached hydrogen (secondary N) is 2. The van der Waals surface area contributed by atoms with Gasteiger partial charge in [-0.15, -0.1) is 12.4 Å². The maximum Gasteiger partial charge on any atom is 0.262 e. The molecule has 2 aromatic rings. The molecule has 24 heavy (non-hydrogen) atoms. The summed E-state index contributed by atoms with van der Waals surface area (Å²) in [6.07, 6.45) is 3.79. The van der Waals surface area contributed by atoms with Gasteiger partial charge in [0.2, 0.25) is 5.91 Å². The molecule has 0 bridgehead atoms. The van der Waals surface area contributed by atoms with E-state index < -0.39 is 24.9 Å². The van der Waals surface area contributed by atoms with E-state index in [2.05, 4.69) is 15.7 Å². The van der Waals surface area contributed by atoms with Crippen LogP contribution in [0.25, 0.3) is 5.69 Å². The van der Waals surface area contributed by atoms with Gasteiger partial charge in [-0.05, 0) is 30.2 Å². The third kappa shape index (κ3) is 4.52. The summed E-state index contributed by atoms with van der Waals surface area (Å²) in [7, 11) is 0. The predicted octanol–water partition coefficient (Wildman–Crippen LogP) is 1.95. The Hall–Kier alpha value is -1.99. The summed E-state index contributed by atoms with van der Waals surface area (Å²) in [6, 6.07) is 8.87. The van der Waals surface area contributed by atoms with Gasteiger partial charge in [0, 0.05) is 25.4 Å². The van der Waals surface area contributed by atoms with Crippen LogP contribution in [-0.4, -0.2) is 40.7 Å². The summed E-state index contributed by atoms with van der Waals surface area (Å²) in [5.74, 6) is -3.15. The van der Waals surface area contributed by atoms with Crippen molar-refractivity contribution in [3.63, 3.8) is 0 Å². The molecule has 0 radical (unpaired) electrons. The van der Waals surface area contributed by atoms with Crippen LogP contribution in [0.15, 0.2) is 42.7 Å². The maximum atomic E-state index is 13.0. The minimum Gasteiger partial charge on any atom is -0.354 e. The molecular weight excluding hydrogens is 338 g/mol. The minimum absolute atomic E-state index is 0. The first kappa shape index (κ1) is 18.4. The van der Waals surface area contributed by atoms with Crippen molar-refractivity contribution in [1.29, 1.82) is 0 Å². The Morgan fingerprint density at radius 2 is 2.12 bits per heavy atom. The lowest BCUT2D eigenvalue weighted by molar-refractivity contribution is -0.123. The van der Waals surface area contributed by atoms with Crippen molar-refractivity contribution in [1.82, 2.24) is 20.4 Å². The summed E-state index contributed by atoms with van der Waals surface area (Å²) in [4.78, 5) is 11.8. The summed E-state index contributed by atoms with van der Waals surface area (Å²) in [5.41, 5.74) is 2.02. The van der Waals surface area contributed by atoms with Gasteiger partial charge in [-0.1, -0.05) is 12.1 Å². The van der Waals surface area contributed by atoms with Crippen LogP contribution in [0.1, 0.15) is 12.0 Å². The highest BCUT2D eigenvalue weighted by Crippen LogP contribution is 2.24. The minimum atomic E-state index is -2.79. The van der Waals surface area contributed by atoms with Gasteiger partial charge in [0.25, 0.3) is 5.92 Å². The Bertz CT molecular complexity index is 661. The number of hydrogen-bond acceptors (Lipinski definition) is 3. The molecule has 1 unspecified atom stereocenters. The van der Waals surface area contributed by atoms with Gasteiger partial charge in [-0.25, -0.2) is 13.5 Å². The summed E-state index contributed by atoms with van der Waals surface area (Å²) in [6.45, 7) is -0.0102. The number of rotatable bonds is 5. The average molecular weight is 357 g/mol. The topological polar surface area (TPSA) is 59.0 Å². The lowest BCUT2D eigenvalue weighted by Gasteiger charge is -2.11. The SMILES string of the molecule is Cl.O=C(NCCc1ccc(-n2cccn2)cc1)C1CC(F)(F)CN1. The third-order valence-corrected chi connectivity index (χ3v) is 3.84. The molecule has 1 aromatic carbocycles. The predicted molar refractivity (Wildman–Crippen MR) is 88.9 cm³/mol. The highest BCUT2D eigenvalue weighted by atomic mass is 35.5. The molecule has 0 spiro atoms. The number of benzene rings is 1. The number of alkyl halides is 2. The second-order valence-corrected chi connectivity index (χ2v) is 5.65. The first-order valence-electron chi connectivity index (χ1n) is 7.51. The molecule has 1 saturated heterocycles. The summed E-state index contributed by atoms with van der Waals surface area (Å²) in [5, 5.41) is 9.40. The molecule has 1 aliphatic rings. The summed E-state index contributed by atoms with van der Waals surface area (Å²) >= 11 is 0. The molecule has 1 aromatic heterocycles. The monoisotopic (exact) mass is 356 g/mol. The number of carbonyl (C=O) groups excluding carboxylic acids is 1. The average Bonchev–Trinajstić information content (AvgIpc) is 3.17. The van der Waals surface area contributed by atoms with Crippen molar-refractivity contribution in [2.45, 2.75) is 24.8 Å². The second kappa shape index (κ2) is 7.72. The molecule has 0 aliphatic carbocycles. The number of hydrogen-bond donors (Lipinski definition) is 2. The van der Waals surface area contributed by atoms with E-state index in [1.165, 1.54) is 0 Å². The van der Waals surface area contributed by atoms with Crippen molar-refractivity contribution < 1.29 is 13.6 Å². The zero-order valence-electron chi connectivity index (χ0n) is 12.9. The van der Waals surface area contributed by atoms with Crippen LogP contribution in [0, 0.1) is 0 Å². The maximum absolute atomic E-state index is 13.0. The van der Waals surface area contributed by atoms with E-state index in [0.717, 1.165) is 11.3 Å². The zero-order valence-corrected chi connectivity index (χ0v) is 13.7. The Labute approximate surface area is 144 Å². The number of aromatic nitrogens is 2. The first-order valence-corrected chi connectivity index (χ1v) is 7.51. The Balaban J connectivity index is 0.00000208. The highest BCUT2D eigenvalue weighted by Gasteiger charge is 2.42. The molecule has 8 heteroatoms. The van der Waals surface area contributed by atoms with Crippen molar-refractivity contribution in [3.05, 3.63) is 48.3 Å². The second-order valence-electron chi connectivity index (χ2n) is 5.65.